The van der Waals surface area contributed by atoms with Gasteiger partial charge in [0, 0.05) is 43.3 Å². The van der Waals surface area contributed by atoms with Gasteiger partial charge in [-0.1, -0.05) is 25.2 Å². The maximum absolute atomic E-state index is 13.2. The molecule has 1 unspecified atom stereocenters. The Kier molecular flexibility index (Phi) is 4.33. The number of hydrogen-bond acceptors (Lipinski definition) is 7. The van der Waals surface area contributed by atoms with E-state index in [9.17, 15) is 15.0 Å². The highest BCUT2D eigenvalue weighted by atomic mass is 16.5. The number of nitrogens with zero attached hydrogens (tertiary/aromatic N) is 2. The molecular formula is C23H32N2O5. The molecule has 0 radical (unpaired) electrons. The van der Waals surface area contributed by atoms with Crippen LogP contribution in [-0.2, 0) is 14.3 Å². The number of methoxy groups -OCH3 is 2. The predicted molar refractivity (Wildman–Crippen MR) is 110 cm³/mol. The molecule has 0 aromatic heterocycles. The van der Waals surface area contributed by atoms with E-state index in [2.05, 4.69) is 29.2 Å². The predicted octanol–water partition coefficient (Wildman–Crippen LogP) is 0.835. The number of carbonyl (C=O) groups is 1. The summed E-state index contributed by atoms with van der Waals surface area (Å²) in [6.07, 6.45) is 9.35. The summed E-state index contributed by atoms with van der Waals surface area (Å²) in [5.41, 5.74) is -1.07. The fourth-order valence-electron chi connectivity index (χ4n) is 7.59. The Hall–Kier alpha value is -1.67. The van der Waals surface area contributed by atoms with Crippen molar-refractivity contribution in [1.29, 1.82) is 0 Å². The topological polar surface area (TPSA) is 82.5 Å². The molecule has 5 rings (SSSR count). The molecule has 1 spiro atoms. The van der Waals surface area contributed by atoms with Gasteiger partial charge in [0.15, 0.2) is 0 Å². The summed E-state index contributed by atoms with van der Waals surface area (Å²) in [5.74, 6) is -0.766. The summed E-state index contributed by atoms with van der Waals surface area (Å²) in [6.45, 7) is 3.72. The van der Waals surface area contributed by atoms with Crippen molar-refractivity contribution < 1.29 is 24.5 Å². The van der Waals surface area contributed by atoms with Gasteiger partial charge in [-0.2, -0.15) is 0 Å². The van der Waals surface area contributed by atoms with Crippen molar-refractivity contribution in [2.24, 2.45) is 10.8 Å². The normalized spacial score (nSPS) is 46.7. The Morgan fingerprint density at radius 3 is 2.77 bits per heavy atom. The summed E-state index contributed by atoms with van der Waals surface area (Å²) in [7, 11) is 4.89. The molecule has 7 nitrogen and oxygen atoms in total. The van der Waals surface area contributed by atoms with Crippen molar-refractivity contribution in [3.05, 3.63) is 35.6 Å². The van der Waals surface area contributed by atoms with Crippen LogP contribution < -0.4 is 0 Å². The first-order valence-electron chi connectivity index (χ1n) is 10.9. The molecule has 7 atom stereocenters. The first-order chi connectivity index (χ1) is 14.3. The quantitative estimate of drug-likeness (QED) is 0.521. The van der Waals surface area contributed by atoms with Gasteiger partial charge < -0.3 is 24.6 Å². The molecule has 0 amide bonds. The lowest BCUT2D eigenvalue weighted by molar-refractivity contribution is -0.235. The number of carbonyl (C=O) groups excluding carboxylic acids is 1. The monoisotopic (exact) mass is 416 g/mol. The van der Waals surface area contributed by atoms with Gasteiger partial charge in [0.25, 0.3) is 0 Å². The van der Waals surface area contributed by atoms with Crippen LogP contribution in [0.5, 0.6) is 0 Å². The fourth-order valence-corrected chi connectivity index (χ4v) is 7.59. The van der Waals surface area contributed by atoms with E-state index < -0.39 is 34.5 Å². The summed E-state index contributed by atoms with van der Waals surface area (Å²) in [5, 5.41) is 23.8. The van der Waals surface area contributed by atoms with Crippen molar-refractivity contribution in [2.75, 3.05) is 34.4 Å². The molecule has 0 bridgehead atoms. The van der Waals surface area contributed by atoms with E-state index >= 15 is 0 Å². The molecule has 0 aromatic rings. The summed E-state index contributed by atoms with van der Waals surface area (Å²) in [4.78, 5) is 17.6. The Balaban J connectivity index is 1.81. The molecule has 7 heteroatoms. The van der Waals surface area contributed by atoms with Crippen LogP contribution in [0.1, 0.15) is 26.2 Å². The molecule has 2 aliphatic carbocycles. The molecule has 2 saturated heterocycles. The standard InChI is InChI=1S/C23H32N2O5/c1-5-21-9-6-11-25-12-10-22(17(21)25)15-8-7-14(29-3)13-16(15)24(2)18(22)23(28,19(21)26)20(27)30-4/h6,8-9,13-14,17-19,26,28H,5,7,10-12H2,1-4H3/t14?,17-,18+,19+,21+,22+,23-/m0/s1. The van der Waals surface area contributed by atoms with E-state index in [4.69, 9.17) is 9.47 Å². The first-order valence-corrected chi connectivity index (χ1v) is 10.9. The minimum absolute atomic E-state index is 0.00336. The highest BCUT2D eigenvalue weighted by Crippen LogP contribution is 2.69. The van der Waals surface area contributed by atoms with Gasteiger partial charge in [0.05, 0.1) is 19.3 Å². The number of allylic oxidation sites excluding steroid dienone is 1. The maximum Gasteiger partial charge on any atom is 0.342 e. The van der Waals surface area contributed by atoms with E-state index in [1.807, 2.05) is 18.9 Å². The van der Waals surface area contributed by atoms with Crippen LogP contribution in [0.25, 0.3) is 0 Å². The van der Waals surface area contributed by atoms with Gasteiger partial charge in [-0.05, 0) is 37.5 Å². The van der Waals surface area contributed by atoms with Crippen molar-refractivity contribution >= 4 is 5.97 Å². The van der Waals surface area contributed by atoms with Crippen LogP contribution in [0.15, 0.2) is 35.6 Å². The first kappa shape index (κ1) is 20.2. The number of ether oxygens (including phenoxy) is 2. The maximum atomic E-state index is 13.2. The lowest BCUT2D eigenvalue weighted by atomic mass is 9.47. The van der Waals surface area contributed by atoms with Gasteiger partial charge in [-0.3, -0.25) is 4.90 Å². The molecule has 3 aliphatic heterocycles. The van der Waals surface area contributed by atoms with E-state index in [-0.39, 0.29) is 12.1 Å². The number of hydrogen-bond donors (Lipinski definition) is 2. The van der Waals surface area contributed by atoms with E-state index in [0.717, 1.165) is 31.6 Å². The van der Waals surface area contributed by atoms with Crippen LogP contribution in [0.3, 0.4) is 0 Å². The fraction of sp³-hybridized carbons (Fsp3) is 0.696. The third kappa shape index (κ3) is 2.03. The van der Waals surface area contributed by atoms with Crippen LogP contribution in [-0.4, -0.2) is 90.2 Å². The lowest BCUT2D eigenvalue weighted by Crippen LogP contribution is -2.79. The molecule has 0 aromatic carbocycles. The van der Waals surface area contributed by atoms with Gasteiger partial charge in [0.1, 0.15) is 6.10 Å². The van der Waals surface area contributed by atoms with Crippen LogP contribution in [0.4, 0.5) is 0 Å². The highest BCUT2D eigenvalue weighted by molar-refractivity contribution is 5.83. The van der Waals surface area contributed by atoms with Crippen molar-refractivity contribution in [3.8, 4) is 0 Å². The van der Waals surface area contributed by atoms with Crippen LogP contribution in [0.2, 0.25) is 0 Å². The number of likely N-dealkylation sites (N-methyl/N-ethyl adjacent to an activating group) is 1. The number of aliphatic hydroxyl groups excluding tert-OH is 1. The number of aliphatic hydroxyl groups is 2. The minimum Gasteiger partial charge on any atom is -0.467 e. The Bertz CT molecular complexity index is 868. The SMILES string of the molecule is CC[C@]12C=CCN3CC[C@@]4(C5=CCC(OC)C=C5N(C)[C@H]4[C@@](O)(C(=O)OC)[C@@H]1O)[C@@H]32. The zero-order valence-corrected chi connectivity index (χ0v) is 18.2. The number of esters is 1. The minimum atomic E-state index is -2.05. The van der Waals surface area contributed by atoms with Crippen molar-refractivity contribution in [2.45, 2.75) is 56.1 Å². The second kappa shape index (κ2) is 6.42. The van der Waals surface area contributed by atoms with E-state index in [1.54, 1.807) is 7.11 Å². The molecule has 5 aliphatic rings. The van der Waals surface area contributed by atoms with E-state index in [1.165, 1.54) is 12.7 Å². The third-order valence-electron chi connectivity index (χ3n) is 8.64. The molecule has 3 fully saturated rings. The van der Waals surface area contributed by atoms with Crippen molar-refractivity contribution in [1.82, 2.24) is 9.80 Å². The van der Waals surface area contributed by atoms with Crippen LogP contribution in [0, 0.1) is 10.8 Å². The average Bonchev–Trinajstić information content (AvgIpc) is 3.28. The lowest BCUT2D eigenvalue weighted by Gasteiger charge is -2.62. The largest absolute Gasteiger partial charge is 0.467 e. The smallest absolute Gasteiger partial charge is 0.342 e. The highest BCUT2D eigenvalue weighted by Gasteiger charge is 2.79. The Morgan fingerprint density at radius 2 is 2.10 bits per heavy atom. The van der Waals surface area contributed by atoms with Crippen molar-refractivity contribution in [3.63, 3.8) is 0 Å². The van der Waals surface area contributed by atoms with Gasteiger partial charge in [-0.25, -0.2) is 4.79 Å². The third-order valence-corrected chi connectivity index (χ3v) is 8.64. The second-order valence-corrected chi connectivity index (χ2v) is 9.47. The second-order valence-electron chi connectivity index (χ2n) is 9.47. The zero-order valence-electron chi connectivity index (χ0n) is 18.2. The van der Waals surface area contributed by atoms with E-state index in [0.29, 0.717) is 6.42 Å². The summed E-state index contributed by atoms with van der Waals surface area (Å²) < 4.78 is 10.7. The number of rotatable bonds is 3. The summed E-state index contributed by atoms with van der Waals surface area (Å²) >= 11 is 0. The molecular weight excluding hydrogens is 384 g/mol. The number of likely N-dealkylation sites (tertiary alicyclic amines) is 1. The Labute approximate surface area is 177 Å². The molecule has 164 valence electrons. The summed E-state index contributed by atoms with van der Waals surface area (Å²) in [6, 6.07) is -0.606. The van der Waals surface area contributed by atoms with Crippen LogP contribution >= 0.6 is 0 Å². The van der Waals surface area contributed by atoms with Gasteiger partial charge >= 0.3 is 5.97 Å². The van der Waals surface area contributed by atoms with Gasteiger partial charge in [-0.15, -0.1) is 0 Å². The molecule has 2 N–H and O–H groups in total. The number of fused-ring (bicyclic) bond motifs is 1. The molecule has 30 heavy (non-hydrogen) atoms. The van der Waals surface area contributed by atoms with Gasteiger partial charge in [0.2, 0.25) is 5.60 Å². The zero-order chi connectivity index (χ0) is 21.5. The Morgan fingerprint density at radius 1 is 1.33 bits per heavy atom. The molecule has 1 saturated carbocycles. The average molecular weight is 417 g/mol. The molecule has 3 heterocycles.